The van der Waals surface area contributed by atoms with Crippen molar-refractivity contribution in [1.82, 2.24) is 10.3 Å². The van der Waals surface area contributed by atoms with Crippen LogP contribution in [-0.2, 0) is 11.2 Å². The quantitative estimate of drug-likeness (QED) is 0.517. The second-order valence-electron chi connectivity index (χ2n) is 6.76. The van der Waals surface area contributed by atoms with Crippen LogP contribution in [0.3, 0.4) is 0 Å². The van der Waals surface area contributed by atoms with Crippen molar-refractivity contribution in [3.05, 3.63) is 65.9 Å². The molecule has 5 nitrogen and oxygen atoms in total. The lowest BCUT2D eigenvalue weighted by Gasteiger charge is -2.06. The first-order valence-corrected chi connectivity index (χ1v) is 9.75. The molecular formula is C23H26N2O3. The highest BCUT2D eigenvalue weighted by atomic mass is 16.5. The Morgan fingerprint density at radius 3 is 2.61 bits per heavy atom. The summed E-state index contributed by atoms with van der Waals surface area (Å²) in [6.07, 6.45) is 4.07. The SMILES string of the molecule is CCCOc1ccc(C(=O)CCC(=O)NCCc2c[nH]c3ccccc23)cc1. The van der Waals surface area contributed by atoms with Gasteiger partial charge in [-0.15, -0.1) is 0 Å². The number of aromatic amines is 1. The number of aromatic nitrogens is 1. The van der Waals surface area contributed by atoms with Crippen LogP contribution in [-0.4, -0.2) is 29.8 Å². The first-order valence-electron chi connectivity index (χ1n) is 9.75. The molecule has 0 saturated carbocycles. The average molecular weight is 378 g/mol. The van der Waals surface area contributed by atoms with Crippen molar-refractivity contribution < 1.29 is 14.3 Å². The molecule has 0 aliphatic carbocycles. The number of H-pyrrole nitrogens is 1. The van der Waals surface area contributed by atoms with Gasteiger partial charge in [0.15, 0.2) is 5.78 Å². The van der Waals surface area contributed by atoms with Crippen molar-refractivity contribution in [3.8, 4) is 5.75 Å². The Kier molecular flexibility index (Phi) is 6.84. The van der Waals surface area contributed by atoms with Crippen LogP contribution in [0.25, 0.3) is 10.9 Å². The van der Waals surface area contributed by atoms with Crippen molar-refractivity contribution in [2.24, 2.45) is 0 Å². The molecule has 0 fully saturated rings. The summed E-state index contributed by atoms with van der Waals surface area (Å²) in [6.45, 7) is 3.26. The number of Topliss-reactive ketones (excluding diaryl/α,β-unsaturated/α-hetero) is 1. The van der Waals surface area contributed by atoms with E-state index in [1.54, 1.807) is 24.3 Å². The van der Waals surface area contributed by atoms with Crippen LogP contribution in [0.1, 0.15) is 42.1 Å². The van der Waals surface area contributed by atoms with Gasteiger partial charge in [-0.1, -0.05) is 25.1 Å². The fourth-order valence-corrected chi connectivity index (χ4v) is 3.09. The standard InChI is InChI=1S/C23H26N2O3/c1-2-15-28-19-9-7-17(8-10-19)22(26)11-12-23(27)24-14-13-18-16-25-21-6-4-3-5-20(18)21/h3-10,16,25H,2,11-15H2,1H3,(H,24,27). The zero-order valence-corrected chi connectivity index (χ0v) is 16.2. The summed E-state index contributed by atoms with van der Waals surface area (Å²) in [7, 11) is 0. The van der Waals surface area contributed by atoms with E-state index in [9.17, 15) is 9.59 Å². The molecule has 5 heteroatoms. The number of ether oxygens (including phenoxy) is 1. The number of nitrogens with one attached hydrogen (secondary N) is 2. The lowest BCUT2D eigenvalue weighted by Crippen LogP contribution is -2.26. The maximum absolute atomic E-state index is 12.3. The number of amides is 1. The Labute approximate surface area is 165 Å². The Balaban J connectivity index is 1.40. The van der Waals surface area contributed by atoms with Gasteiger partial charge in [-0.2, -0.15) is 0 Å². The summed E-state index contributed by atoms with van der Waals surface area (Å²) >= 11 is 0. The molecule has 0 aliphatic rings. The Morgan fingerprint density at radius 2 is 1.82 bits per heavy atom. The minimum atomic E-state index is -0.101. The van der Waals surface area contributed by atoms with Gasteiger partial charge < -0.3 is 15.0 Å². The van der Waals surface area contributed by atoms with E-state index < -0.39 is 0 Å². The van der Waals surface area contributed by atoms with Crippen LogP contribution >= 0.6 is 0 Å². The van der Waals surface area contributed by atoms with Crippen molar-refractivity contribution in [1.29, 1.82) is 0 Å². The first-order chi connectivity index (χ1) is 13.7. The smallest absolute Gasteiger partial charge is 0.220 e. The predicted molar refractivity (Wildman–Crippen MR) is 111 cm³/mol. The van der Waals surface area contributed by atoms with Gasteiger partial charge in [-0.3, -0.25) is 9.59 Å². The number of para-hydroxylation sites is 1. The highest BCUT2D eigenvalue weighted by Gasteiger charge is 2.10. The van der Waals surface area contributed by atoms with Crippen LogP contribution in [0.4, 0.5) is 0 Å². The van der Waals surface area contributed by atoms with Gasteiger partial charge >= 0.3 is 0 Å². The molecule has 0 saturated heterocycles. The summed E-state index contributed by atoms with van der Waals surface area (Å²) < 4.78 is 5.51. The topological polar surface area (TPSA) is 71.2 Å². The summed E-state index contributed by atoms with van der Waals surface area (Å²) in [5.74, 6) is 0.623. The molecule has 0 spiro atoms. The summed E-state index contributed by atoms with van der Waals surface area (Å²) in [6, 6.07) is 15.2. The van der Waals surface area contributed by atoms with Gasteiger partial charge in [-0.05, 0) is 48.7 Å². The van der Waals surface area contributed by atoms with E-state index in [0.717, 1.165) is 24.1 Å². The van der Waals surface area contributed by atoms with E-state index in [4.69, 9.17) is 4.74 Å². The number of ketones is 1. The van der Waals surface area contributed by atoms with Gasteiger partial charge in [-0.25, -0.2) is 0 Å². The Hall–Kier alpha value is -3.08. The number of hydrogen-bond acceptors (Lipinski definition) is 3. The number of rotatable bonds is 10. The van der Waals surface area contributed by atoms with Crippen molar-refractivity contribution >= 4 is 22.6 Å². The highest BCUT2D eigenvalue weighted by molar-refractivity contribution is 5.98. The molecule has 2 N–H and O–H groups in total. The average Bonchev–Trinajstić information content (AvgIpc) is 3.14. The van der Waals surface area contributed by atoms with E-state index >= 15 is 0 Å². The largest absolute Gasteiger partial charge is 0.494 e. The second-order valence-corrected chi connectivity index (χ2v) is 6.76. The maximum atomic E-state index is 12.3. The number of carbonyl (C=O) groups is 2. The normalized spacial score (nSPS) is 10.8. The minimum Gasteiger partial charge on any atom is -0.494 e. The third-order valence-corrected chi connectivity index (χ3v) is 4.62. The van der Waals surface area contributed by atoms with E-state index in [2.05, 4.69) is 16.4 Å². The molecule has 2 aromatic carbocycles. The molecule has 1 heterocycles. The fraction of sp³-hybridized carbons (Fsp3) is 0.304. The Bertz CT molecular complexity index is 928. The number of fused-ring (bicyclic) bond motifs is 1. The molecule has 3 aromatic rings. The molecule has 28 heavy (non-hydrogen) atoms. The van der Waals surface area contributed by atoms with Crippen LogP contribution in [0.5, 0.6) is 5.75 Å². The van der Waals surface area contributed by atoms with Crippen molar-refractivity contribution in [3.63, 3.8) is 0 Å². The molecule has 0 aliphatic heterocycles. The molecule has 1 aromatic heterocycles. The van der Waals surface area contributed by atoms with E-state index in [1.807, 2.05) is 31.3 Å². The minimum absolute atomic E-state index is 0.0335. The Morgan fingerprint density at radius 1 is 1.04 bits per heavy atom. The van der Waals surface area contributed by atoms with Crippen LogP contribution in [0, 0.1) is 0 Å². The first kappa shape index (κ1) is 19.7. The molecule has 1 amide bonds. The van der Waals surface area contributed by atoms with E-state index in [0.29, 0.717) is 18.7 Å². The second kappa shape index (κ2) is 9.74. The van der Waals surface area contributed by atoms with Gasteiger partial charge in [0.25, 0.3) is 0 Å². The maximum Gasteiger partial charge on any atom is 0.220 e. The number of benzene rings is 2. The molecular weight excluding hydrogens is 352 g/mol. The summed E-state index contributed by atoms with van der Waals surface area (Å²) in [4.78, 5) is 27.5. The van der Waals surface area contributed by atoms with E-state index in [-0.39, 0.29) is 24.5 Å². The lowest BCUT2D eigenvalue weighted by molar-refractivity contribution is -0.121. The summed E-state index contributed by atoms with van der Waals surface area (Å²) in [5, 5.41) is 4.08. The van der Waals surface area contributed by atoms with Crippen LogP contribution < -0.4 is 10.1 Å². The number of hydrogen-bond donors (Lipinski definition) is 2. The van der Waals surface area contributed by atoms with Crippen LogP contribution in [0.2, 0.25) is 0 Å². The van der Waals surface area contributed by atoms with Gasteiger partial charge in [0.2, 0.25) is 5.91 Å². The van der Waals surface area contributed by atoms with Crippen molar-refractivity contribution in [2.75, 3.05) is 13.2 Å². The number of carbonyl (C=O) groups excluding carboxylic acids is 2. The molecule has 0 radical (unpaired) electrons. The molecule has 0 atom stereocenters. The zero-order valence-electron chi connectivity index (χ0n) is 16.2. The lowest BCUT2D eigenvalue weighted by atomic mass is 10.1. The molecule has 146 valence electrons. The van der Waals surface area contributed by atoms with Gasteiger partial charge in [0.1, 0.15) is 5.75 Å². The monoisotopic (exact) mass is 378 g/mol. The molecule has 0 bridgehead atoms. The molecule has 3 rings (SSSR count). The van der Waals surface area contributed by atoms with Gasteiger partial charge in [0.05, 0.1) is 6.61 Å². The van der Waals surface area contributed by atoms with E-state index in [1.165, 1.54) is 10.9 Å². The molecule has 0 unspecified atom stereocenters. The highest BCUT2D eigenvalue weighted by Crippen LogP contribution is 2.18. The predicted octanol–water partition coefficient (Wildman–Crippen LogP) is 4.28. The van der Waals surface area contributed by atoms with Crippen molar-refractivity contribution in [2.45, 2.75) is 32.6 Å². The summed E-state index contributed by atoms with van der Waals surface area (Å²) in [5.41, 5.74) is 2.88. The zero-order chi connectivity index (χ0) is 19.8. The third-order valence-electron chi connectivity index (χ3n) is 4.62. The van der Waals surface area contributed by atoms with Gasteiger partial charge in [0, 0.05) is 42.0 Å². The fourth-order valence-electron chi connectivity index (χ4n) is 3.09. The third kappa shape index (κ3) is 5.22. The van der Waals surface area contributed by atoms with Crippen LogP contribution in [0.15, 0.2) is 54.7 Å².